The van der Waals surface area contributed by atoms with Crippen LogP contribution < -0.4 is 0 Å². The zero-order valence-electron chi connectivity index (χ0n) is 8.33. The van der Waals surface area contributed by atoms with Gasteiger partial charge in [-0.2, -0.15) is 5.10 Å². The fourth-order valence-corrected chi connectivity index (χ4v) is 1.00. The molecule has 0 fully saturated rings. The van der Waals surface area contributed by atoms with E-state index in [0.717, 1.165) is 4.09 Å². The van der Waals surface area contributed by atoms with Crippen molar-refractivity contribution in [3.63, 3.8) is 0 Å². The van der Waals surface area contributed by atoms with Crippen LogP contribution >= 0.6 is 12.8 Å². The topological polar surface area (TPSA) is 68.3 Å². The molecule has 0 unspecified atom stereocenters. The number of hydrogen-bond donors (Lipinski definition) is 2. The van der Waals surface area contributed by atoms with Crippen LogP contribution in [-0.2, 0) is 0 Å². The van der Waals surface area contributed by atoms with Crippen LogP contribution in [0.3, 0.4) is 0 Å². The first-order chi connectivity index (χ1) is 8.00. The third-order valence-electron chi connectivity index (χ3n) is 1.59. The van der Waals surface area contributed by atoms with Crippen LogP contribution in [0.4, 0.5) is 8.78 Å². The molecule has 2 rings (SSSR count). The Balaban J connectivity index is 0.000000171. The lowest BCUT2D eigenvalue weighted by Crippen LogP contribution is -1.90. The number of hydrogen-bond acceptors (Lipinski definition) is 4. The molecule has 0 aliphatic carbocycles. The van der Waals surface area contributed by atoms with Crippen molar-refractivity contribution in [2.24, 2.45) is 0 Å². The second-order valence-corrected chi connectivity index (χ2v) is 3.19. The van der Waals surface area contributed by atoms with E-state index >= 15 is 0 Å². The molecule has 2 heterocycles. The number of halogens is 2. The molecular formula is C9H8F2N2O3S. The summed E-state index contributed by atoms with van der Waals surface area (Å²) in [5.74, 6) is -0.959. The highest BCUT2D eigenvalue weighted by atomic mass is 32.1. The number of thiol groups is 1. The summed E-state index contributed by atoms with van der Waals surface area (Å²) in [6, 6.07) is 2.61. The minimum Gasteiger partial charge on any atom is -0.478 e. The molecule has 0 saturated heterocycles. The van der Waals surface area contributed by atoms with Crippen LogP contribution in [0.15, 0.2) is 35.3 Å². The molecule has 0 bridgehead atoms. The molecule has 1 N–H and O–H groups in total. The minimum absolute atomic E-state index is 0.185. The van der Waals surface area contributed by atoms with E-state index in [9.17, 15) is 13.6 Å². The number of carboxylic acids is 1. The first kappa shape index (κ1) is 13.2. The molecule has 0 atom stereocenters. The van der Waals surface area contributed by atoms with E-state index in [1.54, 1.807) is 0 Å². The zero-order chi connectivity index (χ0) is 12.8. The van der Waals surface area contributed by atoms with Crippen LogP contribution in [0, 0.1) is 0 Å². The van der Waals surface area contributed by atoms with Gasteiger partial charge in [-0.15, -0.1) is 0 Å². The SMILES string of the molecule is FC(F)c1ccn(S)n1.O=C(O)c1ccoc1. The maximum atomic E-state index is 11.7. The zero-order valence-corrected chi connectivity index (χ0v) is 9.22. The molecule has 8 heteroatoms. The molecule has 0 saturated carbocycles. The molecule has 17 heavy (non-hydrogen) atoms. The van der Waals surface area contributed by atoms with E-state index in [1.807, 2.05) is 0 Å². The second-order valence-electron chi connectivity index (χ2n) is 2.78. The number of furan rings is 1. The summed E-state index contributed by atoms with van der Waals surface area (Å²) in [5.41, 5.74) is -0.0602. The first-order valence-corrected chi connectivity index (χ1v) is 4.69. The van der Waals surface area contributed by atoms with Gasteiger partial charge in [-0.05, 0) is 24.9 Å². The summed E-state index contributed by atoms with van der Waals surface area (Å²) < 4.78 is 28.9. The van der Waals surface area contributed by atoms with Crippen LogP contribution in [0.5, 0.6) is 0 Å². The number of alkyl halides is 2. The van der Waals surface area contributed by atoms with E-state index in [1.165, 1.54) is 30.9 Å². The maximum absolute atomic E-state index is 11.7. The van der Waals surface area contributed by atoms with Gasteiger partial charge in [-0.1, -0.05) is 0 Å². The Labute approximate surface area is 100 Å². The molecule has 0 amide bonds. The van der Waals surface area contributed by atoms with Crippen molar-refractivity contribution in [2.75, 3.05) is 0 Å². The third-order valence-corrected chi connectivity index (χ3v) is 1.81. The smallest absolute Gasteiger partial charge is 0.338 e. The van der Waals surface area contributed by atoms with Crippen molar-refractivity contribution < 1.29 is 23.1 Å². The van der Waals surface area contributed by atoms with Crippen molar-refractivity contribution in [3.8, 4) is 0 Å². The maximum Gasteiger partial charge on any atom is 0.338 e. The van der Waals surface area contributed by atoms with E-state index in [0.29, 0.717) is 0 Å². The third kappa shape index (κ3) is 4.27. The van der Waals surface area contributed by atoms with Crippen molar-refractivity contribution in [2.45, 2.75) is 6.43 Å². The van der Waals surface area contributed by atoms with Gasteiger partial charge in [0.05, 0.1) is 11.8 Å². The minimum atomic E-state index is -2.50. The summed E-state index contributed by atoms with van der Waals surface area (Å²) in [7, 11) is 0. The summed E-state index contributed by atoms with van der Waals surface area (Å²) in [6.45, 7) is 0. The van der Waals surface area contributed by atoms with Gasteiger partial charge in [0, 0.05) is 6.20 Å². The van der Waals surface area contributed by atoms with Gasteiger partial charge in [-0.3, -0.25) is 0 Å². The lowest BCUT2D eigenvalue weighted by Gasteiger charge is -1.87. The molecule has 0 aliphatic heterocycles. The largest absolute Gasteiger partial charge is 0.478 e. The van der Waals surface area contributed by atoms with Gasteiger partial charge < -0.3 is 9.52 Å². The predicted molar refractivity (Wildman–Crippen MR) is 57.2 cm³/mol. The summed E-state index contributed by atoms with van der Waals surface area (Å²) in [6.07, 6.45) is 1.36. The Kier molecular flexibility index (Phi) is 4.70. The number of rotatable bonds is 2. The molecular weight excluding hydrogens is 254 g/mol. The average molecular weight is 262 g/mol. The fraction of sp³-hybridized carbons (Fsp3) is 0.111. The molecule has 5 nitrogen and oxygen atoms in total. The van der Waals surface area contributed by atoms with Gasteiger partial charge in [0.25, 0.3) is 6.43 Å². The normalized spacial score (nSPS) is 9.88. The number of nitrogens with zero attached hydrogens (tertiary/aromatic N) is 2. The van der Waals surface area contributed by atoms with Gasteiger partial charge in [0.1, 0.15) is 12.0 Å². The molecule has 0 spiro atoms. The Bertz CT molecular complexity index is 470. The van der Waals surface area contributed by atoms with E-state index in [4.69, 9.17) is 5.11 Å². The highest BCUT2D eigenvalue weighted by molar-refractivity contribution is 7.78. The van der Waals surface area contributed by atoms with Gasteiger partial charge in [-0.25, -0.2) is 17.7 Å². The van der Waals surface area contributed by atoms with Crippen LogP contribution in [0.25, 0.3) is 0 Å². The molecule has 92 valence electrons. The average Bonchev–Trinajstić information content (AvgIpc) is 2.87. The van der Waals surface area contributed by atoms with Crippen molar-refractivity contribution in [1.29, 1.82) is 0 Å². The number of carbonyl (C=O) groups is 1. The van der Waals surface area contributed by atoms with E-state index in [2.05, 4.69) is 22.3 Å². The second kappa shape index (κ2) is 6.04. The summed E-state index contributed by atoms with van der Waals surface area (Å²) >= 11 is 3.67. The Hall–Kier alpha value is -1.83. The van der Waals surface area contributed by atoms with E-state index < -0.39 is 12.4 Å². The van der Waals surface area contributed by atoms with Crippen molar-refractivity contribution in [1.82, 2.24) is 9.19 Å². The van der Waals surface area contributed by atoms with Gasteiger partial charge in [0.15, 0.2) is 0 Å². The van der Waals surface area contributed by atoms with Crippen LogP contribution in [0.1, 0.15) is 22.5 Å². The van der Waals surface area contributed by atoms with E-state index in [-0.39, 0.29) is 11.3 Å². The Morgan fingerprint density at radius 1 is 1.53 bits per heavy atom. The molecule has 2 aromatic rings. The number of carboxylic acid groups (broad SMARTS) is 1. The van der Waals surface area contributed by atoms with Gasteiger partial charge >= 0.3 is 5.97 Å². The van der Waals surface area contributed by atoms with Gasteiger partial charge in [0.2, 0.25) is 0 Å². The molecule has 0 aromatic carbocycles. The standard InChI is InChI=1S/C5H4O3.C4H4F2N2S/c6-5(7)4-1-2-8-3-4;5-4(6)3-1-2-8(9)7-3/h1-3H,(H,6,7);1-2,4,9H. The Morgan fingerprint density at radius 2 is 2.24 bits per heavy atom. The lowest BCUT2D eigenvalue weighted by molar-refractivity contribution is 0.0696. The monoisotopic (exact) mass is 262 g/mol. The lowest BCUT2D eigenvalue weighted by atomic mass is 10.4. The Morgan fingerprint density at radius 3 is 2.47 bits per heavy atom. The summed E-state index contributed by atoms with van der Waals surface area (Å²) in [5, 5.41) is 11.6. The molecule has 2 aromatic heterocycles. The first-order valence-electron chi connectivity index (χ1n) is 4.29. The molecule has 0 radical (unpaired) electrons. The number of aromatic nitrogens is 2. The van der Waals surface area contributed by atoms with Crippen molar-refractivity contribution >= 4 is 18.8 Å². The van der Waals surface area contributed by atoms with Crippen LogP contribution in [-0.4, -0.2) is 20.3 Å². The van der Waals surface area contributed by atoms with Crippen LogP contribution in [0.2, 0.25) is 0 Å². The highest BCUT2D eigenvalue weighted by Gasteiger charge is 2.08. The molecule has 0 aliphatic rings. The number of aromatic carboxylic acids is 1. The highest BCUT2D eigenvalue weighted by Crippen LogP contribution is 2.15. The van der Waals surface area contributed by atoms with Crippen molar-refractivity contribution in [3.05, 3.63) is 42.1 Å². The fourth-order valence-electron chi connectivity index (χ4n) is 0.831. The summed E-state index contributed by atoms with van der Waals surface area (Å²) in [4.78, 5) is 10.0. The quantitative estimate of drug-likeness (QED) is 0.816. The predicted octanol–water partition coefficient (Wildman–Crippen LogP) is 2.49.